The summed E-state index contributed by atoms with van der Waals surface area (Å²) in [5.74, 6) is -0.651. The van der Waals surface area contributed by atoms with Gasteiger partial charge in [-0.25, -0.2) is 0 Å². The Morgan fingerprint density at radius 3 is 2.29 bits per heavy atom. The molecule has 84 valence electrons. The summed E-state index contributed by atoms with van der Waals surface area (Å²) in [5.41, 5.74) is -0.501. The van der Waals surface area contributed by atoms with Gasteiger partial charge in [-0.2, -0.15) is 8.42 Å². The molecule has 0 aromatic heterocycles. The number of carbonyl (C=O) groups is 1. The second-order valence-electron chi connectivity index (χ2n) is 3.78. The normalized spacial score (nSPS) is 12.6. The van der Waals surface area contributed by atoms with E-state index in [1.807, 2.05) is 6.92 Å². The maximum Gasteiger partial charge on any atom is 0.266 e. The molecule has 0 unspecified atom stereocenters. The second-order valence-corrected chi connectivity index (χ2v) is 5.35. The Morgan fingerprint density at radius 2 is 1.93 bits per heavy atom. The van der Waals surface area contributed by atoms with Crippen molar-refractivity contribution in [2.75, 3.05) is 12.3 Å². The van der Waals surface area contributed by atoms with Crippen molar-refractivity contribution >= 4 is 16.0 Å². The van der Waals surface area contributed by atoms with Gasteiger partial charge in [-0.3, -0.25) is 9.35 Å². The van der Waals surface area contributed by atoms with Gasteiger partial charge < -0.3 is 5.32 Å². The molecule has 0 aliphatic rings. The summed E-state index contributed by atoms with van der Waals surface area (Å²) >= 11 is 0. The minimum atomic E-state index is -3.99. The molecule has 0 aliphatic carbocycles. The van der Waals surface area contributed by atoms with E-state index in [-0.39, 0.29) is 12.5 Å². The van der Waals surface area contributed by atoms with Crippen LogP contribution in [0, 0.1) is 5.41 Å². The van der Waals surface area contributed by atoms with Gasteiger partial charge in [0, 0.05) is 12.0 Å². The monoisotopic (exact) mass is 223 g/mol. The summed E-state index contributed by atoms with van der Waals surface area (Å²) in [6, 6.07) is 0. The van der Waals surface area contributed by atoms with Crippen molar-refractivity contribution in [3.63, 3.8) is 0 Å². The fourth-order valence-corrected chi connectivity index (χ4v) is 1.05. The molecular weight excluding hydrogens is 206 g/mol. The smallest absolute Gasteiger partial charge is 0.266 e. The summed E-state index contributed by atoms with van der Waals surface area (Å²) in [6.45, 7) is 5.37. The van der Waals surface area contributed by atoms with Crippen molar-refractivity contribution in [1.82, 2.24) is 5.32 Å². The molecule has 0 spiro atoms. The fourth-order valence-electron chi connectivity index (χ4n) is 0.693. The van der Waals surface area contributed by atoms with Crippen LogP contribution >= 0.6 is 0 Å². The summed E-state index contributed by atoms with van der Waals surface area (Å²) in [4.78, 5) is 11.4. The molecule has 0 fully saturated rings. The van der Waals surface area contributed by atoms with Crippen LogP contribution in [0.1, 0.15) is 27.2 Å². The molecule has 1 amide bonds. The van der Waals surface area contributed by atoms with Crippen LogP contribution in [-0.4, -0.2) is 31.2 Å². The first-order valence-electron chi connectivity index (χ1n) is 4.42. The molecule has 6 heteroatoms. The number of hydrogen-bond donors (Lipinski definition) is 2. The maximum atomic E-state index is 11.4. The predicted octanol–water partition coefficient (Wildman–Crippen LogP) is 0.427. The Morgan fingerprint density at radius 1 is 1.43 bits per heavy atom. The number of hydrogen-bond acceptors (Lipinski definition) is 3. The molecule has 0 aliphatic heterocycles. The van der Waals surface area contributed by atoms with E-state index in [1.54, 1.807) is 13.8 Å². The van der Waals surface area contributed by atoms with Gasteiger partial charge in [-0.15, -0.1) is 0 Å². The first kappa shape index (κ1) is 13.4. The average molecular weight is 223 g/mol. The highest BCUT2D eigenvalue weighted by molar-refractivity contribution is 7.85. The Kier molecular flexibility index (Phi) is 4.54. The molecule has 0 atom stereocenters. The van der Waals surface area contributed by atoms with Gasteiger partial charge in [-0.1, -0.05) is 20.8 Å². The zero-order valence-electron chi connectivity index (χ0n) is 8.70. The van der Waals surface area contributed by atoms with Crippen molar-refractivity contribution in [2.24, 2.45) is 5.41 Å². The van der Waals surface area contributed by atoms with E-state index in [1.165, 1.54) is 0 Å². The lowest BCUT2D eigenvalue weighted by Crippen LogP contribution is -2.38. The van der Waals surface area contributed by atoms with Crippen LogP contribution in [-0.2, 0) is 14.9 Å². The Hall–Kier alpha value is -0.620. The van der Waals surface area contributed by atoms with Crippen LogP contribution in [0.3, 0.4) is 0 Å². The molecule has 0 heterocycles. The molecule has 0 aromatic carbocycles. The third-order valence-electron chi connectivity index (χ3n) is 2.14. The van der Waals surface area contributed by atoms with Crippen molar-refractivity contribution in [1.29, 1.82) is 0 Å². The van der Waals surface area contributed by atoms with Crippen molar-refractivity contribution in [3.05, 3.63) is 0 Å². The topological polar surface area (TPSA) is 83.5 Å². The molecule has 0 rings (SSSR count). The first-order valence-corrected chi connectivity index (χ1v) is 6.03. The quantitative estimate of drug-likeness (QED) is 0.662. The lowest BCUT2D eigenvalue weighted by atomic mass is 9.89. The Bertz CT molecular complexity index is 294. The van der Waals surface area contributed by atoms with Crippen LogP contribution < -0.4 is 5.32 Å². The fraction of sp³-hybridized carbons (Fsp3) is 0.875. The van der Waals surface area contributed by atoms with Crippen LogP contribution in [0.4, 0.5) is 0 Å². The third kappa shape index (κ3) is 5.18. The first-order chi connectivity index (χ1) is 6.19. The highest BCUT2D eigenvalue weighted by Gasteiger charge is 2.24. The maximum absolute atomic E-state index is 11.4. The molecule has 0 radical (unpaired) electrons. The highest BCUT2D eigenvalue weighted by atomic mass is 32.2. The van der Waals surface area contributed by atoms with Gasteiger partial charge in [0.25, 0.3) is 10.1 Å². The van der Waals surface area contributed by atoms with Crippen molar-refractivity contribution in [3.8, 4) is 0 Å². The third-order valence-corrected chi connectivity index (χ3v) is 2.86. The predicted molar refractivity (Wildman–Crippen MR) is 53.5 cm³/mol. The van der Waals surface area contributed by atoms with Crippen LogP contribution in [0.15, 0.2) is 0 Å². The van der Waals surface area contributed by atoms with E-state index in [9.17, 15) is 13.2 Å². The lowest BCUT2D eigenvalue weighted by molar-refractivity contribution is -0.129. The molecule has 14 heavy (non-hydrogen) atoms. The summed E-state index contributed by atoms with van der Waals surface area (Å²) in [6.07, 6.45) is 0.671. The van der Waals surface area contributed by atoms with E-state index in [4.69, 9.17) is 4.55 Å². The van der Waals surface area contributed by atoms with Crippen LogP contribution in [0.5, 0.6) is 0 Å². The molecular formula is C8H17NO4S. The largest absolute Gasteiger partial charge is 0.355 e. The minimum Gasteiger partial charge on any atom is -0.355 e. The molecule has 0 bridgehead atoms. The van der Waals surface area contributed by atoms with Crippen molar-refractivity contribution in [2.45, 2.75) is 27.2 Å². The number of rotatable bonds is 5. The van der Waals surface area contributed by atoms with E-state index in [2.05, 4.69) is 5.32 Å². The van der Waals surface area contributed by atoms with Crippen LogP contribution in [0.2, 0.25) is 0 Å². The molecule has 2 N–H and O–H groups in total. The Balaban J connectivity index is 3.99. The molecule has 0 saturated heterocycles. The SMILES string of the molecule is CCC(C)(C)C(=O)NCCS(=O)(=O)O. The van der Waals surface area contributed by atoms with E-state index >= 15 is 0 Å². The van der Waals surface area contributed by atoms with Gasteiger partial charge >= 0.3 is 0 Å². The molecule has 0 aromatic rings. The van der Waals surface area contributed by atoms with Crippen LogP contribution in [0.25, 0.3) is 0 Å². The van der Waals surface area contributed by atoms with Gasteiger partial charge in [0.1, 0.15) is 0 Å². The Labute approximate surface area is 84.6 Å². The van der Waals surface area contributed by atoms with E-state index in [0.29, 0.717) is 6.42 Å². The second kappa shape index (κ2) is 4.75. The average Bonchev–Trinajstić information content (AvgIpc) is 2.02. The molecule has 0 saturated carbocycles. The lowest BCUT2D eigenvalue weighted by Gasteiger charge is -2.21. The number of nitrogens with one attached hydrogen (secondary N) is 1. The minimum absolute atomic E-state index is 0.0545. The van der Waals surface area contributed by atoms with Gasteiger partial charge in [-0.05, 0) is 6.42 Å². The van der Waals surface area contributed by atoms with Gasteiger partial charge in [0.15, 0.2) is 0 Å². The highest BCUT2D eigenvalue weighted by Crippen LogP contribution is 2.18. The summed E-state index contributed by atoms with van der Waals surface area (Å²) < 4.78 is 29.1. The number of amides is 1. The summed E-state index contributed by atoms with van der Waals surface area (Å²) in [5, 5.41) is 2.45. The van der Waals surface area contributed by atoms with Gasteiger partial charge in [0.2, 0.25) is 5.91 Å². The van der Waals surface area contributed by atoms with Gasteiger partial charge in [0.05, 0.1) is 5.75 Å². The molecule has 5 nitrogen and oxygen atoms in total. The van der Waals surface area contributed by atoms with E-state index < -0.39 is 21.3 Å². The zero-order chi connectivity index (χ0) is 11.4. The number of carbonyl (C=O) groups excluding carboxylic acids is 1. The van der Waals surface area contributed by atoms with E-state index in [0.717, 1.165) is 0 Å². The van der Waals surface area contributed by atoms with Crippen molar-refractivity contribution < 1.29 is 17.8 Å². The zero-order valence-corrected chi connectivity index (χ0v) is 9.52. The standard InChI is InChI=1S/C8H17NO4S/c1-4-8(2,3)7(10)9-5-6-14(11,12)13/h4-6H2,1-3H3,(H,9,10)(H,11,12,13). The summed E-state index contributed by atoms with van der Waals surface area (Å²) in [7, 11) is -3.99.